The van der Waals surface area contributed by atoms with E-state index in [4.69, 9.17) is 16.3 Å². The van der Waals surface area contributed by atoms with Gasteiger partial charge in [-0.25, -0.2) is 4.98 Å². The number of hydrogen-bond acceptors (Lipinski definition) is 5. The number of halogens is 1. The zero-order valence-corrected chi connectivity index (χ0v) is 17.9. The van der Waals surface area contributed by atoms with Gasteiger partial charge in [-0.1, -0.05) is 18.5 Å². The van der Waals surface area contributed by atoms with Crippen LogP contribution in [0.3, 0.4) is 0 Å². The van der Waals surface area contributed by atoms with Crippen LogP contribution in [0.25, 0.3) is 10.2 Å². The van der Waals surface area contributed by atoms with E-state index in [1.54, 1.807) is 29.5 Å². The van der Waals surface area contributed by atoms with Crippen molar-refractivity contribution in [3.63, 3.8) is 0 Å². The molecular weight excluding hydrogens is 410 g/mol. The van der Waals surface area contributed by atoms with Gasteiger partial charge in [-0.2, -0.15) is 0 Å². The SMILES string of the molecule is CCC(C(=O)Nc1cc(Cl)ccc1OC)n1cnc2sc3c(c2c1=O)CCCC3. The van der Waals surface area contributed by atoms with E-state index < -0.39 is 6.04 Å². The van der Waals surface area contributed by atoms with Crippen LogP contribution in [-0.2, 0) is 17.6 Å². The highest BCUT2D eigenvalue weighted by Crippen LogP contribution is 2.34. The summed E-state index contributed by atoms with van der Waals surface area (Å²) in [7, 11) is 1.53. The number of nitrogens with zero attached hydrogens (tertiary/aromatic N) is 2. The molecule has 1 N–H and O–H groups in total. The standard InChI is InChI=1S/C21H22ClN3O3S/c1-3-15(19(26)24-14-10-12(22)8-9-16(14)28-2)25-11-23-20-18(21(25)27)13-6-4-5-7-17(13)29-20/h8-11,15H,3-7H2,1-2H3,(H,24,26). The Morgan fingerprint density at radius 2 is 2.17 bits per heavy atom. The minimum absolute atomic E-state index is 0.144. The average Bonchev–Trinajstić information content (AvgIpc) is 3.10. The van der Waals surface area contributed by atoms with Gasteiger partial charge < -0.3 is 10.1 Å². The molecule has 2 heterocycles. The third kappa shape index (κ3) is 3.65. The molecule has 152 valence electrons. The topological polar surface area (TPSA) is 73.2 Å². The number of carbonyl (C=O) groups excluding carboxylic acids is 1. The predicted molar refractivity (Wildman–Crippen MR) is 116 cm³/mol. The third-order valence-corrected chi connectivity index (χ3v) is 6.78. The van der Waals surface area contributed by atoms with Crippen LogP contribution in [0.5, 0.6) is 5.75 Å². The van der Waals surface area contributed by atoms with E-state index in [-0.39, 0.29) is 11.5 Å². The molecule has 0 saturated heterocycles. The molecule has 8 heteroatoms. The summed E-state index contributed by atoms with van der Waals surface area (Å²) < 4.78 is 6.76. The monoisotopic (exact) mass is 431 g/mol. The fraction of sp³-hybridized carbons (Fsp3) is 0.381. The Labute approximate surface area is 177 Å². The highest BCUT2D eigenvalue weighted by Gasteiger charge is 2.25. The van der Waals surface area contributed by atoms with Crippen molar-refractivity contribution in [1.82, 2.24) is 9.55 Å². The highest BCUT2D eigenvalue weighted by atomic mass is 35.5. The maximum absolute atomic E-state index is 13.3. The van der Waals surface area contributed by atoms with E-state index in [1.807, 2.05) is 6.92 Å². The molecule has 2 aromatic heterocycles. The third-order valence-electron chi connectivity index (χ3n) is 5.35. The van der Waals surface area contributed by atoms with Gasteiger partial charge in [0.05, 0.1) is 24.5 Å². The van der Waals surface area contributed by atoms with Crippen molar-refractivity contribution in [2.75, 3.05) is 12.4 Å². The molecule has 6 nitrogen and oxygen atoms in total. The molecule has 1 unspecified atom stereocenters. The zero-order chi connectivity index (χ0) is 20.5. The van der Waals surface area contributed by atoms with Crippen molar-refractivity contribution in [2.24, 2.45) is 0 Å². The zero-order valence-electron chi connectivity index (χ0n) is 16.3. The minimum Gasteiger partial charge on any atom is -0.495 e. The minimum atomic E-state index is -0.678. The number of rotatable bonds is 5. The number of hydrogen-bond donors (Lipinski definition) is 1. The van der Waals surface area contributed by atoms with E-state index in [0.717, 1.165) is 36.1 Å². The maximum atomic E-state index is 13.3. The molecule has 29 heavy (non-hydrogen) atoms. The Hall–Kier alpha value is -2.38. The summed E-state index contributed by atoms with van der Waals surface area (Å²) in [5.41, 5.74) is 1.45. The van der Waals surface area contributed by atoms with Crippen molar-refractivity contribution in [3.05, 3.63) is 50.3 Å². The number of fused-ring (bicyclic) bond motifs is 3. The van der Waals surface area contributed by atoms with Crippen LogP contribution in [0.4, 0.5) is 5.69 Å². The van der Waals surface area contributed by atoms with E-state index >= 15 is 0 Å². The predicted octanol–water partition coefficient (Wildman–Crippen LogP) is 4.59. The number of thiophene rings is 1. The first kappa shape index (κ1) is 19.9. The molecule has 0 spiro atoms. The summed E-state index contributed by atoms with van der Waals surface area (Å²) in [4.78, 5) is 32.9. The summed E-state index contributed by atoms with van der Waals surface area (Å²) in [6.45, 7) is 1.87. The van der Waals surface area contributed by atoms with Gasteiger partial charge in [0.15, 0.2) is 0 Å². The summed E-state index contributed by atoms with van der Waals surface area (Å²) in [6.07, 6.45) is 6.08. The molecule has 1 aromatic carbocycles. The Kier molecular flexibility index (Phi) is 5.61. The van der Waals surface area contributed by atoms with Crippen LogP contribution in [-0.4, -0.2) is 22.6 Å². The number of ether oxygens (including phenoxy) is 1. The summed E-state index contributed by atoms with van der Waals surface area (Å²) in [5, 5.41) is 4.01. The van der Waals surface area contributed by atoms with Crippen molar-refractivity contribution in [3.8, 4) is 5.75 Å². The Bertz CT molecular complexity index is 1140. The second kappa shape index (κ2) is 8.16. The molecule has 0 radical (unpaired) electrons. The average molecular weight is 432 g/mol. The van der Waals surface area contributed by atoms with Crippen LogP contribution in [0.1, 0.15) is 42.7 Å². The molecular formula is C21H22ClN3O3S. The van der Waals surface area contributed by atoms with Gasteiger partial charge in [0, 0.05) is 9.90 Å². The largest absolute Gasteiger partial charge is 0.495 e. The van der Waals surface area contributed by atoms with Crippen LogP contribution in [0.15, 0.2) is 29.3 Å². The fourth-order valence-electron chi connectivity index (χ4n) is 3.88. The molecule has 0 fully saturated rings. The van der Waals surface area contributed by atoms with Crippen LogP contribution in [0.2, 0.25) is 5.02 Å². The molecule has 4 rings (SSSR count). The maximum Gasteiger partial charge on any atom is 0.263 e. The number of aryl methyl sites for hydroxylation is 2. The van der Waals surface area contributed by atoms with Crippen molar-refractivity contribution in [2.45, 2.75) is 45.1 Å². The molecule has 0 bridgehead atoms. The lowest BCUT2D eigenvalue weighted by atomic mass is 9.97. The first-order valence-electron chi connectivity index (χ1n) is 9.69. The van der Waals surface area contributed by atoms with Crippen LogP contribution < -0.4 is 15.6 Å². The molecule has 1 amide bonds. The first-order valence-corrected chi connectivity index (χ1v) is 10.9. The number of carbonyl (C=O) groups is 1. The molecule has 1 aliphatic rings. The first-order chi connectivity index (χ1) is 14.0. The second-order valence-corrected chi connectivity index (χ2v) is 8.63. The van der Waals surface area contributed by atoms with Gasteiger partial charge in [-0.3, -0.25) is 14.2 Å². The lowest BCUT2D eigenvalue weighted by Crippen LogP contribution is -2.33. The van der Waals surface area contributed by atoms with Crippen molar-refractivity contribution >= 4 is 44.7 Å². The summed E-state index contributed by atoms with van der Waals surface area (Å²) in [6, 6.07) is 4.33. The number of nitrogens with one attached hydrogen (secondary N) is 1. The lowest BCUT2D eigenvalue weighted by molar-refractivity contribution is -0.119. The lowest BCUT2D eigenvalue weighted by Gasteiger charge is -2.19. The summed E-state index contributed by atoms with van der Waals surface area (Å²) in [5.74, 6) is 0.200. The van der Waals surface area contributed by atoms with E-state index in [2.05, 4.69) is 10.3 Å². The molecule has 1 aliphatic carbocycles. The van der Waals surface area contributed by atoms with E-state index in [0.29, 0.717) is 28.3 Å². The molecule has 1 atom stereocenters. The Morgan fingerprint density at radius 3 is 2.93 bits per heavy atom. The number of methoxy groups -OCH3 is 1. The highest BCUT2D eigenvalue weighted by molar-refractivity contribution is 7.18. The Morgan fingerprint density at radius 1 is 1.38 bits per heavy atom. The van der Waals surface area contributed by atoms with Gasteiger partial charge in [0.2, 0.25) is 5.91 Å². The molecule has 0 saturated carbocycles. The van der Waals surface area contributed by atoms with Gasteiger partial charge in [-0.15, -0.1) is 11.3 Å². The number of benzene rings is 1. The van der Waals surface area contributed by atoms with Crippen LogP contribution >= 0.6 is 22.9 Å². The summed E-state index contributed by atoms with van der Waals surface area (Å²) >= 11 is 7.67. The van der Waals surface area contributed by atoms with Gasteiger partial charge in [0.1, 0.15) is 16.6 Å². The smallest absolute Gasteiger partial charge is 0.263 e. The molecule has 3 aromatic rings. The normalized spacial score (nSPS) is 14.4. The van der Waals surface area contributed by atoms with Crippen molar-refractivity contribution < 1.29 is 9.53 Å². The Balaban J connectivity index is 1.72. The van der Waals surface area contributed by atoms with Gasteiger partial charge >= 0.3 is 0 Å². The van der Waals surface area contributed by atoms with E-state index in [1.165, 1.54) is 22.9 Å². The van der Waals surface area contributed by atoms with Crippen molar-refractivity contribution in [1.29, 1.82) is 0 Å². The quantitative estimate of drug-likeness (QED) is 0.641. The number of anilines is 1. The van der Waals surface area contributed by atoms with Gasteiger partial charge in [-0.05, 0) is 55.9 Å². The van der Waals surface area contributed by atoms with Crippen LogP contribution in [0, 0.1) is 0 Å². The van der Waals surface area contributed by atoms with Gasteiger partial charge in [0.25, 0.3) is 5.56 Å². The molecule has 0 aliphatic heterocycles. The number of amides is 1. The second-order valence-electron chi connectivity index (χ2n) is 7.11. The fourth-order valence-corrected chi connectivity index (χ4v) is 5.28. The van der Waals surface area contributed by atoms with E-state index in [9.17, 15) is 9.59 Å². The number of aromatic nitrogens is 2.